The highest BCUT2D eigenvalue weighted by Gasteiger charge is 2.44. The number of rotatable bonds is 23. The van der Waals surface area contributed by atoms with Gasteiger partial charge in [-0.25, -0.2) is 4.98 Å². The average Bonchev–Trinajstić information content (AvgIpc) is 4.12. The van der Waals surface area contributed by atoms with E-state index in [1.807, 2.05) is 93.2 Å². The number of thiazole rings is 1. The minimum atomic E-state index is -0.978. The zero-order valence-corrected chi connectivity index (χ0v) is 44.2. The van der Waals surface area contributed by atoms with Gasteiger partial charge >= 0.3 is 0 Å². The number of thiophene rings is 1. The van der Waals surface area contributed by atoms with Crippen molar-refractivity contribution in [2.45, 2.75) is 92.1 Å². The van der Waals surface area contributed by atoms with Gasteiger partial charge in [-0.05, 0) is 61.9 Å². The number of nitrogens with one attached hydrogen (secondary N) is 3. The number of carbonyl (C=O) groups excluding carboxylic acids is 4. The molecule has 72 heavy (non-hydrogen) atoms. The van der Waals surface area contributed by atoms with Crippen molar-refractivity contribution < 1.29 is 43.2 Å². The molecule has 386 valence electrons. The van der Waals surface area contributed by atoms with Crippen LogP contribution < -0.4 is 16.0 Å². The number of amides is 4. The Hall–Kier alpha value is -5.45. The molecule has 5 heterocycles. The molecule has 2 aliphatic heterocycles. The molecular weight excluding hydrogens is 982 g/mol. The number of aliphatic hydroxyl groups is 1. The summed E-state index contributed by atoms with van der Waals surface area (Å²) in [6.07, 6.45) is -0.718. The number of β-amino-alcohol motifs (C(OH)–C–C–N with tert-alkyl or cyclic N) is 1. The molecule has 0 radical (unpaired) electrons. The van der Waals surface area contributed by atoms with E-state index in [-0.39, 0.29) is 57.6 Å². The van der Waals surface area contributed by atoms with E-state index in [2.05, 4.69) is 45.0 Å². The van der Waals surface area contributed by atoms with Gasteiger partial charge in [0.15, 0.2) is 5.82 Å². The maximum Gasteiger partial charge on any atom is 0.246 e. The average molecular weight is 1050 g/mol. The molecule has 0 saturated carbocycles. The predicted octanol–water partition coefficient (Wildman–Crippen LogP) is 5.61. The monoisotopic (exact) mass is 1050 g/mol. The zero-order chi connectivity index (χ0) is 51.5. The Labute approximate surface area is 432 Å². The quantitative estimate of drug-likeness (QED) is 0.0587. The fourth-order valence-corrected chi connectivity index (χ4v) is 10.6. The topological polar surface area (TPSA) is 221 Å². The Balaban J connectivity index is 0.753. The fraction of sp³-hybridized carbons (Fsp3) is 0.490. The number of benzene rings is 2. The predicted molar refractivity (Wildman–Crippen MR) is 276 cm³/mol. The normalized spacial score (nSPS) is 16.9. The van der Waals surface area contributed by atoms with Gasteiger partial charge in [-0.2, -0.15) is 0 Å². The third kappa shape index (κ3) is 13.8. The van der Waals surface area contributed by atoms with Crippen LogP contribution in [0.3, 0.4) is 0 Å². The van der Waals surface area contributed by atoms with Crippen molar-refractivity contribution in [3.63, 3.8) is 0 Å². The molecule has 18 nitrogen and oxygen atoms in total. The summed E-state index contributed by atoms with van der Waals surface area (Å²) in [4.78, 5) is 66.7. The zero-order valence-electron chi connectivity index (χ0n) is 41.8. The number of halogens is 1. The number of nitrogens with zero attached hydrogens (tertiary/aromatic N) is 6. The lowest BCUT2D eigenvalue weighted by Gasteiger charge is -2.35. The molecule has 0 bridgehead atoms. The Morgan fingerprint density at radius 1 is 0.847 bits per heavy atom. The summed E-state index contributed by atoms with van der Waals surface area (Å²) in [6.45, 7) is 15.6. The number of aliphatic imine (C=N–C) groups is 1. The standard InChI is InChI=1S/C51H64ClN9O9S2/c1-30-32(3)72-50-43(30)44(35-12-14-37(52)15-13-35)56-39(47-59-58-33(4)61(47)50)25-41(63)53-16-17-67-18-19-68-20-21-69-22-23-70-28-42(64)57-46(51(5,6)7)49(66)60-27-38(62)24-40(60)48(65)54-26-34-8-10-36(11-9-34)45-31(2)55-29-71-45/h8-15,29,38-40,46,62H,16-28H2,1-7H3,(H,53,63)(H,54,65)(H,57,64). The van der Waals surface area contributed by atoms with Crippen LogP contribution in [0.25, 0.3) is 15.4 Å². The summed E-state index contributed by atoms with van der Waals surface area (Å²) in [5, 5.41) is 29.6. The van der Waals surface area contributed by atoms with Gasteiger partial charge in [-0.1, -0.05) is 68.8 Å². The van der Waals surface area contributed by atoms with Crippen molar-refractivity contribution in [1.29, 1.82) is 0 Å². The van der Waals surface area contributed by atoms with Crippen LogP contribution >= 0.6 is 34.3 Å². The van der Waals surface area contributed by atoms with E-state index in [0.717, 1.165) is 54.9 Å². The summed E-state index contributed by atoms with van der Waals surface area (Å²) >= 11 is 9.45. The number of hydrogen-bond donors (Lipinski definition) is 4. The number of carbonyl (C=O) groups is 4. The van der Waals surface area contributed by atoms with Gasteiger partial charge in [-0.15, -0.1) is 32.9 Å². The van der Waals surface area contributed by atoms with E-state index in [9.17, 15) is 24.3 Å². The molecule has 0 spiro atoms. The van der Waals surface area contributed by atoms with Crippen LogP contribution in [0.2, 0.25) is 5.02 Å². The highest BCUT2D eigenvalue weighted by molar-refractivity contribution is 7.15. The highest BCUT2D eigenvalue weighted by Crippen LogP contribution is 2.40. The van der Waals surface area contributed by atoms with Crippen molar-refractivity contribution in [3.05, 3.63) is 104 Å². The van der Waals surface area contributed by atoms with Gasteiger partial charge in [0.25, 0.3) is 0 Å². The molecule has 3 aromatic heterocycles. The molecule has 2 aliphatic rings. The number of aliphatic hydroxyl groups excluding tert-OH is 1. The minimum absolute atomic E-state index is 0.0253. The van der Waals surface area contributed by atoms with Crippen LogP contribution in [-0.2, 0) is 44.7 Å². The maximum absolute atomic E-state index is 14.0. The van der Waals surface area contributed by atoms with Crippen molar-refractivity contribution in [2.24, 2.45) is 10.4 Å². The molecule has 0 aliphatic carbocycles. The molecule has 21 heteroatoms. The van der Waals surface area contributed by atoms with Crippen LogP contribution in [-0.4, -0.2) is 143 Å². The third-order valence-electron chi connectivity index (χ3n) is 12.4. The largest absolute Gasteiger partial charge is 0.391 e. The van der Waals surface area contributed by atoms with E-state index in [1.165, 1.54) is 9.78 Å². The first-order valence-corrected chi connectivity index (χ1v) is 26.1. The molecule has 4 unspecified atom stereocenters. The Morgan fingerprint density at radius 3 is 2.15 bits per heavy atom. The van der Waals surface area contributed by atoms with E-state index >= 15 is 0 Å². The highest BCUT2D eigenvalue weighted by atomic mass is 35.5. The lowest BCUT2D eigenvalue weighted by Crippen LogP contribution is -2.58. The van der Waals surface area contributed by atoms with Crippen molar-refractivity contribution in [1.82, 2.24) is 40.6 Å². The number of aryl methyl sites for hydroxylation is 3. The maximum atomic E-state index is 14.0. The molecule has 1 fully saturated rings. The van der Waals surface area contributed by atoms with Crippen molar-refractivity contribution in [2.75, 3.05) is 65.9 Å². The van der Waals surface area contributed by atoms with Crippen LogP contribution in [0, 0.1) is 33.1 Å². The fourth-order valence-electron chi connectivity index (χ4n) is 8.45. The molecule has 1 saturated heterocycles. The van der Waals surface area contributed by atoms with E-state index in [0.29, 0.717) is 50.4 Å². The van der Waals surface area contributed by atoms with Crippen LogP contribution in [0.1, 0.15) is 84.1 Å². The van der Waals surface area contributed by atoms with E-state index in [4.69, 9.17) is 35.5 Å². The minimum Gasteiger partial charge on any atom is -0.391 e. The molecule has 4 N–H and O–H groups in total. The lowest BCUT2D eigenvalue weighted by molar-refractivity contribution is -0.144. The number of fused-ring (bicyclic) bond motifs is 3. The van der Waals surface area contributed by atoms with Gasteiger partial charge in [0.1, 0.15) is 35.6 Å². The van der Waals surface area contributed by atoms with Crippen molar-refractivity contribution in [3.8, 4) is 15.4 Å². The number of aromatic nitrogens is 4. The van der Waals surface area contributed by atoms with Crippen LogP contribution in [0.5, 0.6) is 0 Å². The molecule has 5 aromatic rings. The van der Waals surface area contributed by atoms with Crippen LogP contribution in [0.15, 0.2) is 59.0 Å². The summed E-state index contributed by atoms with van der Waals surface area (Å²) in [5.41, 5.74) is 7.79. The van der Waals surface area contributed by atoms with Gasteiger partial charge < -0.3 is 44.9 Å². The number of likely N-dealkylation sites (tertiary alicyclic amines) is 1. The molecule has 2 aromatic carbocycles. The van der Waals surface area contributed by atoms with Crippen LogP contribution in [0.4, 0.5) is 0 Å². The molecule has 4 amide bonds. The van der Waals surface area contributed by atoms with Gasteiger partial charge in [0, 0.05) is 47.1 Å². The second-order valence-electron chi connectivity index (χ2n) is 18.8. The van der Waals surface area contributed by atoms with E-state index < -0.39 is 41.5 Å². The smallest absolute Gasteiger partial charge is 0.246 e. The second kappa shape index (κ2) is 25.0. The first-order chi connectivity index (χ1) is 34.5. The third-order valence-corrected chi connectivity index (χ3v) is 14.8. The molecule has 4 atom stereocenters. The SMILES string of the molecule is Cc1ncsc1-c1ccc(CNC(=O)C2CC(O)CN2C(=O)C(NC(=O)COCCOCCOCCOCCNC(=O)CC2N=C(c3ccc(Cl)cc3)c3c(sc(C)c3C)-n3c(C)nnc32)C(C)(C)C)cc1. The second-order valence-corrected chi connectivity index (χ2v) is 21.3. The first-order valence-electron chi connectivity index (χ1n) is 24.0. The number of hydrogen-bond acceptors (Lipinski definition) is 15. The summed E-state index contributed by atoms with van der Waals surface area (Å²) in [7, 11) is 0. The molecular formula is C51H64ClN9O9S2. The summed E-state index contributed by atoms with van der Waals surface area (Å²) in [6, 6.07) is 13.0. The van der Waals surface area contributed by atoms with Gasteiger partial charge in [0.05, 0.1) is 80.6 Å². The van der Waals surface area contributed by atoms with Gasteiger partial charge in [0.2, 0.25) is 23.6 Å². The van der Waals surface area contributed by atoms with Crippen molar-refractivity contribution >= 4 is 63.6 Å². The first kappa shape index (κ1) is 54.3. The Morgan fingerprint density at radius 2 is 1.50 bits per heavy atom. The lowest BCUT2D eigenvalue weighted by atomic mass is 9.85. The number of ether oxygens (including phenoxy) is 4. The summed E-state index contributed by atoms with van der Waals surface area (Å²) in [5.74, 6) is -0.190. The van der Waals surface area contributed by atoms with Gasteiger partial charge in [-0.3, -0.25) is 28.7 Å². The van der Waals surface area contributed by atoms with E-state index in [1.54, 1.807) is 22.7 Å². The Bertz CT molecular complexity index is 2700. The summed E-state index contributed by atoms with van der Waals surface area (Å²) < 4.78 is 24.4. The Kier molecular flexibility index (Phi) is 18.9. The molecule has 7 rings (SSSR count).